The van der Waals surface area contributed by atoms with Crippen molar-refractivity contribution in [3.63, 3.8) is 0 Å². The molecule has 0 amide bonds. The zero-order chi connectivity index (χ0) is 11.8. The van der Waals surface area contributed by atoms with Crippen LogP contribution < -0.4 is 0 Å². The van der Waals surface area contributed by atoms with Gasteiger partial charge in [-0.15, -0.1) is 5.02 Å². The maximum absolute atomic E-state index is 11.2. The molecule has 1 nitrogen and oxygen atoms in total. The molecule has 0 bridgehead atoms. The summed E-state index contributed by atoms with van der Waals surface area (Å²) in [5, 5.41) is 0.643. The van der Waals surface area contributed by atoms with Gasteiger partial charge in [-0.05, 0) is 12.8 Å². The van der Waals surface area contributed by atoms with Gasteiger partial charge in [0.25, 0.3) is 0 Å². The summed E-state index contributed by atoms with van der Waals surface area (Å²) in [7, 11) is 0. The van der Waals surface area contributed by atoms with E-state index in [-0.39, 0.29) is 22.9 Å². The second-order valence-corrected chi connectivity index (χ2v) is 3.89. The average molecular weight is 291 g/mol. The van der Waals surface area contributed by atoms with Crippen LogP contribution in [0.15, 0.2) is 48.5 Å². The molecule has 2 rings (SSSR count). The average Bonchev–Trinajstić information content (AvgIpc) is 2.90. The topological polar surface area (TPSA) is 17.1 Å². The molecule has 0 unspecified atom stereocenters. The van der Waals surface area contributed by atoms with Gasteiger partial charge in [0, 0.05) is 17.1 Å². The van der Waals surface area contributed by atoms with Crippen LogP contribution in [0, 0.1) is 0 Å². The SMILES string of the molecule is CCCC(=O)[c-]1ccc(Cl)c1.[Fe].[cH-]1[cH-][cH-][cH-][cH-]1. The van der Waals surface area contributed by atoms with Gasteiger partial charge < -0.3 is 35.1 Å². The Labute approximate surface area is 118 Å². The van der Waals surface area contributed by atoms with Crippen molar-refractivity contribution in [1.82, 2.24) is 0 Å². The van der Waals surface area contributed by atoms with Crippen molar-refractivity contribution in [3.05, 3.63) is 59.1 Å². The van der Waals surface area contributed by atoms with E-state index >= 15 is 0 Å². The molecule has 0 radical (unpaired) electrons. The molecule has 0 fully saturated rings. The summed E-state index contributed by atoms with van der Waals surface area (Å²) in [5.41, 5.74) is 0.733. The largest absolute Gasteiger partial charge is 0.748 e. The van der Waals surface area contributed by atoms with Crippen molar-refractivity contribution >= 4 is 17.4 Å². The van der Waals surface area contributed by atoms with E-state index in [4.69, 9.17) is 11.6 Å². The molecule has 0 atom stereocenters. The number of ketones is 1. The fraction of sp³-hybridized carbons (Fsp3) is 0.214. The third kappa shape index (κ3) is 6.47. The van der Waals surface area contributed by atoms with Gasteiger partial charge in [0.1, 0.15) is 5.78 Å². The molecule has 0 saturated heterocycles. The summed E-state index contributed by atoms with van der Waals surface area (Å²) in [4.78, 5) is 11.2. The molecule has 0 aliphatic rings. The van der Waals surface area contributed by atoms with Crippen molar-refractivity contribution in [2.75, 3.05) is 0 Å². The van der Waals surface area contributed by atoms with E-state index in [0.29, 0.717) is 11.4 Å². The molecule has 0 spiro atoms. The Kier molecular flexibility index (Phi) is 8.79. The van der Waals surface area contributed by atoms with Gasteiger partial charge in [0.2, 0.25) is 0 Å². The summed E-state index contributed by atoms with van der Waals surface area (Å²) in [5.74, 6) is 0.180. The van der Waals surface area contributed by atoms with Crippen LogP contribution in [0.25, 0.3) is 0 Å². The Bertz CT molecular complexity index is 386. The van der Waals surface area contributed by atoms with Crippen molar-refractivity contribution < 1.29 is 21.9 Å². The van der Waals surface area contributed by atoms with Crippen molar-refractivity contribution in [3.8, 4) is 0 Å². The zero-order valence-electron chi connectivity index (χ0n) is 9.67. The molecular weight excluding hydrogens is 275 g/mol. The molecule has 17 heavy (non-hydrogen) atoms. The van der Waals surface area contributed by atoms with Crippen LogP contribution in [0.2, 0.25) is 5.02 Å². The maximum Gasteiger partial charge on any atom is 0.108 e. The number of carbonyl (C=O) groups is 1. The molecule has 2 aromatic carbocycles. The fourth-order valence-electron chi connectivity index (χ4n) is 1.28. The summed E-state index contributed by atoms with van der Waals surface area (Å²) in [6, 6.07) is 15.2. The summed E-state index contributed by atoms with van der Waals surface area (Å²) in [6.45, 7) is 1.99. The molecule has 98 valence electrons. The van der Waals surface area contributed by atoms with Gasteiger partial charge in [0.15, 0.2) is 0 Å². The Hall–Kier alpha value is -0.821. The number of rotatable bonds is 3. The molecule has 0 heterocycles. The zero-order valence-corrected chi connectivity index (χ0v) is 11.5. The first-order chi connectivity index (χ1) is 7.74. The van der Waals surface area contributed by atoms with Crippen LogP contribution in [-0.2, 0) is 17.1 Å². The van der Waals surface area contributed by atoms with Gasteiger partial charge >= 0.3 is 0 Å². The molecule has 3 heteroatoms. The van der Waals surface area contributed by atoms with Crippen LogP contribution >= 0.6 is 11.6 Å². The van der Waals surface area contributed by atoms with Crippen LogP contribution in [0.5, 0.6) is 0 Å². The first-order valence-corrected chi connectivity index (χ1v) is 5.74. The quantitative estimate of drug-likeness (QED) is 0.464. The fourth-order valence-corrected chi connectivity index (χ4v) is 1.46. The first-order valence-electron chi connectivity index (χ1n) is 5.36. The number of hydrogen-bond donors (Lipinski definition) is 0. The molecule has 0 aliphatic heterocycles. The van der Waals surface area contributed by atoms with Crippen molar-refractivity contribution in [1.29, 1.82) is 0 Å². The van der Waals surface area contributed by atoms with Crippen molar-refractivity contribution in [2.45, 2.75) is 19.8 Å². The second kappa shape index (κ2) is 9.23. The standard InChI is InChI=1S/C9H10ClO.C5H5.Fe/c1-2-3-9(11)7-4-5-8(10)6-7;1-2-4-5-3-1;/h4-6H,2-3H2,1H3;1-5H;/q-1;-5;. The Morgan fingerprint density at radius 3 is 2.18 bits per heavy atom. The van der Waals surface area contributed by atoms with Crippen LogP contribution in [-0.4, -0.2) is 5.78 Å². The minimum absolute atomic E-state index is 0. The molecule has 0 aromatic heterocycles. The second-order valence-electron chi connectivity index (χ2n) is 3.45. The smallest absolute Gasteiger partial charge is 0.108 e. The summed E-state index contributed by atoms with van der Waals surface area (Å²) < 4.78 is 0. The van der Waals surface area contributed by atoms with Crippen LogP contribution in [0.4, 0.5) is 0 Å². The van der Waals surface area contributed by atoms with Crippen molar-refractivity contribution in [2.24, 2.45) is 0 Å². The molecule has 0 N–H and O–H groups in total. The predicted molar refractivity (Wildman–Crippen MR) is 68.3 cm³/mol. The van der Waals surface area contributed by atoms with E-state index in [9.17, 15) is 4.79 Å². The van der Waals surface area contributed by atoms with E-state index in [1.807, 2.05) is 37.3 Å². The number of carbonyl (C=O) groups excluding carboxylic acids is 1. The minimum atomic E-state index is 0. The maximum atomic E-state index is 11.2. The Balaban J connectivity index is 0.000000360. The molecule has 2 aromatic rings. The van der Waals surface area contributed by atoms with E-state index in [1.54, 1.807) is 18.2 Å². The predicted octanol–water partition coefficient (Wildman–Crippen LogP) is 4.44. The molecule has 0 saturated carbocycles. The number of halogens is 1. The van der Waals surface area contributed by atoms with E-state index < -0.39 is 0 Å². The number of Topliss-reactive ketones (excluding diaryl/α,β-unsaturated/α-hetero) is 1. The van der Waals surface area contributed by atoms with Gasteiger partial charge in [-0.2, -0.15) is 29.8 Å². The van der Waals surface area contributed by atoms with Crippen LogP contribution in [0.1, 0.15) is 30.1 Å². The van der Waals surface area contributed by atoms with Gasteiger partial charge in [-0.1, -0.05) is 12.5 Å². The van der Waals surface area contributed by atoms with E-state index in [1.165, 1.54) is 0 Å². The number of hydrogen-bond acceptors (Lipinski definition) is 1. The van der Waals surface area contributed by atoms with E-state index in [0.717, 1.165) is 12.0 Å². The molecular formula is C14H15ClFeO-6. The minimum Gasteiger partial charge on any atom is -0.748 e. The van der Waals surface area contributed by atoms with Gasteiger partial charge in [-0.3, -0.25) is 0 Å². The third-order valence-corrected chi connectivity index (χ3v) is 2.31. The van der Waals surface area contributed by atoms with E-state index in [2.05, 4.69) is 0 Å². The third-order valence-electron chi connectivity index (χ3n) is 2.07. The Morgan fingerprint density at radius 1 is 1.29 bits per heavy atom. The molecule has 0 aliphatic carbocycles. The van der Waals surface area contributed by atoms with Gasteiger partial charge in [-0.25, -0.2) is 0 Å². The summed E-state index contributed by atoms with van der Waals surface area (Å²) >= 11 is 5.65. The normalized spacial score (nSPS) is 8.82. The monoisotopic (exact) mass is 290 g/mol. The van der Waals surface area contributed by atoms with Crippen LogP contribution in [0.3, 0.4) is 0 Å². The Morgan fingerprint density at radius 2 is 1.82 bits per heavy atom. The summed E-state index contributed by atoms with van der Waals surface area (Å²) in [6.07, 6.45) is 1.50. The van der Waals surface area contributed by atoms with Gasteiger partial charge in [0.05, 0.1) is 0 Å². The first kappa shape index (κ1) is 16.2.